The number of nitrogens with one attached hydrogen (secondary N) is 2. The lowest BCUT2D eigenvalue weighted by molar-refractivity contribution is -0.114. The van der Waals surface area contributed by atoms with E-state index in [0.29, 0.717) is 22.7 Å². The van der Waals surface area contributed by atoms with Gasteiger partial charge in [-0.1, -0.05) is 18.2 Å². The van der Waals surface area contributed by atoms with E-state index in [9.17, 15) is 9.59 Å². The van der Waals surface area contributed by atoms with E-state index >= 15 is 0 Å². The SMILES string of the molecule is COC[C@@H]1CCCN1Cc1ccc(N/C=C2\C(=O)NC(=O)c3ccc(-c4ccoc4)cc32)cc1. The lowest BCUT2D eigenvalue weighted by atomic mass is 9.92. The zero-order valence-electron chi connectivity index (χ0n) is 19.0. The molecule has 1 aromatic heterocycles. The van der Waals surface area contributed by atoms with Crippen molar-refractivity contribution in [2.45, 2.75) is 25.4 Å². The zero-order valence-corrected chi connectivity index (χ0v) is 19.0. The van der Waals surface area contributed by atoms with Crippen LogP contribution >= 0.6 is 0 Å². The molecule has 0 saturated carbocycles. The zero-order chi connectivity index (χ0) is 23.5. The number of benzene rings is 2. The third kappa shape index (κ3) is 4.53. The number of furan rings is 1. The van der Waals surface area contributed by atoms with Crippen LogP contribution in [-0.4, -0.2) is 43.0 Å². The molecule has 34 heavy (non-hydrogen) atoms. The minimum absolute atomic E-state index is 0.395. The first-order valence-electron chi connectivity index (χ1n) is 11.4. The van der Waals surface area contributed by atoms with Gasteiger partial charge in [0.25, 0.3) is 11.8 Å². The molecule has 2 aliphatic heterocycles. The Balaban J connectivity index is 1.34. The lowest BCUT2D eigenvalue weighted by Gasteiger charge is -2.23. The van der Waals surface area contributed by atoms with Crippen molar-refractivity contribution in [3.05, 3.63) is 83.9 Å². The number of nitrogens with zero attached hydrogens (tertiary/aromatic N) is 1. The molecule has 0 unspecified atom stereocenters. The molecule has 1 atom stereocenters. The van der Waals surface area contributed by atoms with E-state index < -0.39 is 11.8 Å². The molecule has 3 aromatic rings. The number of carbonyl (C=O) groups excluding carboxylic acids is 2. The maximum atomic E-state index is 12.6. The Labute approximate surface area is 198 Å². The van der Waals surface area contributed by atoms with Gasteiger partial charge in [-0.05, 0) is 60.8 Å². The molecule has 7 heteroatoms. The average Bonchev–Trinajstić information content (AvgIpc) is 3.53. The number of likely N-dealkylation sites (tertiary alicyclic amines) is 1. The normalized spacial score (nSPS) is 19.3. The standard InChI is InChI=1S/C27H27N3O4/c1-33-17-22-3-2-11-30(22)15-18-4-7-21(8-5-18)28-14-25-24-13-19(20-10-12-34-16-20)6-9-23(24)26(31)29-27(25)32/h4-10,12-14,16,22,28H,2-3,11,15,17H2,1H3,(H,29,31,32)/b25-14-/t22-/m0/s1. The Morgan fingerprint density at radius 2 is 1.94 bits per heavy atom. The number of ether oxygens (including phenoxy) is 1. The largest absolute Gasteiger partial charge is 0.472 e. The van der Waals surface area contributed by atoms with Crippen molar-refractivity contribution in [3.8, 4) is 11.1 Å². The number of fused-ring (bicyclic) bond motifs is 1. The molecular weight excluding hydrogens is 430 g/mol. The predicted octanol–water partition coefficient (Wildman–Crippen LogP) is 4.28. The van der Waals surface area contributed by atoms with Crippen molar-refractivity contribution in [2.75, 3.05) is 25.6 Å². The van der Waals surface area contributed by atoms with Gasteiger partial charge < -0.3 is 14.5 Å². The summed E-state index contributed by atoms with van der Waals surface area (Å²) in [5.74, 6) is -0.821. The number of carbonyl (C=O) groups is 2. The summed E-state index contributed by atoms with van der Waals surface area (Å²) in [7, 11) is 1.75. The number of hydrogen-bond acceptors (Lipinski definition) is 6. The molecule has 5 rings (SSSR count). The van der Waals surface area contributed by atoms with Gasteiger partial charge in [0, 0.05) is 48.3 Å². The number of rotatable bonds is 7. The number of hydrogen-bond donors (Lipinski definition) is 2. The number of amides is 2. The summed E-state index contributed by atoms with van der Waals surface area (Å²) in [4.78, 5) is 27.5. The van der Waals surface area contributed by atoms with Crippen LogP contribution in [0.1, 0.15) is 34.3 Å². The highest BCUT2D eigenvalue weighted by Crippen LogP contribution is 2.30. The smallest absolute Gasteiger partial charge is 0.260 e. The Bertz CT molecular complexity index is 1220. The van der Waals surface area contributed by atoms with Crippen molar-refractivity contribution >= 4 is 23.1 Å². The summed E-state index contributed by atoms with van der Waals surface area (Å²) in [6.45, 7) is 2.75. The highest BCUT2D eigenvalue weighted by atomic mass is 16.5. The fraction of sp³-hybridized carbons (Fsp3) is 0.259. The van der Waals surface area contributed by atoms with Gasteiger partial charge in [-0.25, -0.2) is 0 Å². The fourth-order valence-electron chi connectivity index (χ4n) is 4.66. The van der Waals surface area contributed by atoms with Gasteiger partial charge in [0.05, 0.1) is 24.7 Å². The minimum atomic E-state index is -0.427. The molecule has 2 N–H and O–H groups in total. The van der Waals surface area contributed by atoms with Crippen molar-refractivity contribution in [1.29, 1.82) is 0 Å². The summed E-state index contributed by atoms with van der Waals surface area (Å²) < 4.78 is 10.5. The van der Waals surface area contributed by atoms with Crippen molar-refractivity contribution < 1.29 is 18.7 Å². The molecule has 1 saturated heterocycles. The molecule has 0 aliphatic carbocycles. The molecule has 174 valence electrons. The van der Waals surface area contributed by atoms with E-state index in [0.717, 1.165) is 36.5 Å². The van der Waals surface area contributed by atoms with Crippen LogP contribution in [0, 0.1) is 0 Å². The average molecular weight is 458 g/mol. The molecule has 3 heterocycles. The number of imide groups is 1. The third-order valence-corrected chi connectivity index (χ3v) is 6.46. The summed E-state index contributed by atoms with van der Waals surface area (Å²) in [5, 5.41) is 5.64. The Morgan fingerprint density at radius 1 is 1.09 bits per heavy atom. The fourth-order valence-corrected chi connectivity index (χ4v) is 4.66. The van der Waals surface area contributed by atoms with Gasteiger partial charge in [-0.2, -0.15) is 0 Å². The molecule has 2 aliphatic rings. The number of anilines is 1. The van der Waals surface area contributed by atoms with Crippen LogP contribution in [0.4, 0.5) is 5.69 Å². The van der Waals surface area contributed by atoms with Crippen LogP contribution in [0.25, 0.3) is 16.7 Å². The van der Waals surface area contributed by atoms with Gasteiger partial charge in [-0.3, -0.25) is 19.8 Å². The van der Waals surface area contributed by atoms with Crippen molar-refractivity contribution in [2.24, 2.45) is 0 Å². The first-order chi connectivity index (χ1) is 16.6. The second kappa shape index (κ2) is 9.67. The van der Waals surface area contributed by atoms with E-state index in [2.05, 4.69) is 27.7 Å². The lowest BCUT2D eigenvalue weighted by Crippen LogP contribution is -2.36. The maximum absolute atomic E-state index is 12.6. The van der Waals surface area contributed by atoms with Crippen molar-refractivity contribution in [3.63, 3.8) is 0 Å². The topological polar surface area (TPSA) is 83.8 Å². The summed E-state index contributed by atoms with van der Waals surface area (Å²) in [5.41, 5.74) is 5.32. The molecule has 0 bridgehead atoms. The Morgan fingerprint density at radius 3 is 2.71 bits per heavy atom. The van der Waals surface area contributed by atoms with Crippen LogP contribution in [0.3, 0.4) is 0 Å². The van der Waals surface area contributed by atoms with Crippen LogP contribution < -0.4 is 10.6 Å². The van der Waals surface area contributed by atoms with Gasteiger partial charge >= 0.3 is 0 Å². The van der Waals surface area contributed by atoms with Gasteiger partial charge in [0.1, 0.15) is 0 Å². The van der Waals surface area contributed by atoms with Gasteiger partial charge in [0.15, 0.2) is 0 Å². The summed E-state index contributed by atoms with van der Waals surface area (Å²) in [6, 6.07) is 15.9. The predicted molar refractivity (Wildman–Crippen MR) is 130 cm³/mol. The summed E-state index contributed by atoms with van der Waals surface area (Å²) >= 11 is 0. The Kier molecular flexibility index (Phi) is 6.29. The molecule has 0 radical (unpaired) electrons. The van der Waals surface area contributed by atoms with E-state index in [1.165, 1.54) is 18.4 Å². The van der Waals surface area contributed by atoms with Crippen LogP contribution in [0.5, 0.6) is 0 Å². The van der Waals surface area contributed by atoms with E-state index in [-0.39, 0.29) is 0 Å². The summed E-state index contributed by atoms with van der Waals surface area (Å²) in [6.07, 6.45) is 7.26. The van der Waals surface area contributed by atoms with Crippen LogP contribution in [0.15, 0.2) is 71.7 Å². The van der Waals surface area contributed by atoms with Gasteiger partial charge in [0.2, 0.25) is 0 Å². The quantitative estimate of drug-likeness (QED) is 0.407. The highest BCUT2D eigenvalue weighted by Gasteiger charge is 2.28. The molecule has 2 amide bonds. The maximum Gasteiger partial charge on any atom is 0.260 e. The van der Waals surface area contributed by atoms with Crippen molar-refractivity contribution in [1.82, 2.24) is 10.2 Å². The number of methoxy groups -OCH3 is 1. The second-order valence-corrected chi connectivity index (χ2v) is 8.68. The van der Waals surface area contributed by atoms with E-state index in [1.54, 1.807) is 31.9 Å². The molecule has 1 fully saturated rings. The third-order valence-electron chi connectivity index (χ3n) is 6.46. The van der Waals surface area contributed by atoms with Gasteiger partial charge in [-0.15, -0.1) is 0 Å². The first kappa shape index (κ1) is 22.1. The van der Waals surface area contributed by atoms with Crippen LogP contribution in [0.2, 0.25) is 0 Å². The Hall–Kier alpha value is -3.68. The molecule has 2 aromatic carbocycles. The second-order valence-electron chi connectivity index (χ2n) is 8.68. The molecule has 7 nitrogen and oxygen atoms in total. The minimum Gasteiger partial charge on any atom is -0.472 e. The highest BCUT2D eigenvalue weighted by molar-refractivity contribution is 6.31. The molecular formula is C27H27N3O4. The molecule has 0 spiro atoms. The van der Waals surface area contributed by atoms with E-state index in [4.69, 9.17) is 9.15 Å². The first-order valence-corrected chi connectivity index (χ1v) is 11.4. The van der Waals surface area contributed by atoms with E-state index in [1.807, 2.05) is 30.3 Å². The monoisotopic (exact) mass is 457 g/mol. The van der Waals surface area contributed by atoms with Crippen LogP contribution in [-0.2, 0) is 16.1 Å².